The molecule has 1 rings (SSSR count). The minimum atomic E-state index is -0.934. The summed E-state index contributed by atoms with van der Waals surface area (Å²) in [5.74, 6) is 0. The van der Waals surface area contributed by atoms with Gasteiger partial charge in [-0.05, 0) is 12.8 Å². The van der Waals surface area contributed by atoms with E-state index in [1.165, 1.54) is 6.08 Å². The van der Waals surface area contributed by atoms with E-state index >= 15 is 0 Å². The lowest BCUT2D eigenvalue weighted by atomic mass is 10.0. The van der Waals surface area contributed by atoms with Gasteiger partial charge in [-0.3, -0.25) is 4.79 Å². The molecule has 0 saturated carbocycles. The monoisotopic (exact) mass is 401 g/mol. The van der Waals surface area contributed by atoms with Crippen LogP contribution in [0.2, 0.25) is 0 Å². The number of aliphatic hydroxyl groups excluding tert-OH is 1. The van der Waals surface area contributed by atoms with E-state index < -0.39 is 24.5 Å². The molecular weight excluding hydrogens is 365 g/mol. The van der Waals surface area contributed by atoms with E-state index in [0.717, 1.165) is 25.7 Å². The highest BCUT2D eigenvalue weighted by Gasteiger charge is 2.43. The van der Waals surface area contributed by atoms with E-state index in [4.69, 9.17) is 23.6 Å². The Morgan fingerprint density at radius 1 is 1.21 bits per heavy atom. The number of hydrogen-bond acceptors (Lipinski definition) is 7. The van der Waals surface area contributed by atoms with Crippen LogP contribution in [0, 0.1) is 0 Å². The number of carbonyl (C=O) groups is 1. The van der Waals surface area contributed by atoms with Gasteiger partial charge in [-0.2, -0.15) is 0 Å². The van der Waals surface area contributed by atoms with E-state index in [9.17, 15) is 9.90 Å². The molecule has 0 bridgehead atoms. The summed E-state index contributed by atoms with van der Waals surface area (Å²) in [6.45, 7) is 9.25. The van der Waals surface area contributed by atoms with Crippen LogP contribution in [0.5, 0.6) is 0 Å². The molecule has 162 valence electrons. The highest BCUT2D eigenvalue weighted by Crippen LogP contribution is 2.25. The van der Waals surface area contributed by atoms with Crippen LogP contribution in [0.15, 0.2) is 12.7 Å². The molecule has 1 aliphatic rings. The van der Waals surface area contributed by atoms with Gasteiger partial charge < -0.3 is 34.0 Å². The fraction of sp³-hybridized carbons (Fsp3) is 0.842. The standard InChI is InChI=1S/C19H36BNO7/c1-4-7-9-24-17-16(28-20)12-27-19(18(17)25-10-8-5-2)26-11-14(21-13-22)15(23)6-3/h6,13-19,23H,3-5,7-12,20H2,1-2H3,(H,21,22)/t14-,15+,16?,17?,18?,19?/m0/s1. The Morgan fingerprint density at radius 3 is 2.39 bits per heavy atom. The molecule has 8 nitrogen and oxygen atoms in total. The second-order valence-corrected chi connectivity index (χ2v) is 6.80. The van der Waals surface area contributed by atoms with Crippen LogP contribution < -0.4 is 5.32 Å². The zero-order valence-electron chi connectivity index (χ0n) is 17.4. The van der Waals surface area contributed by atoms with Gasteiger partial charge in [-0.15, -0.1) is 6.58 Å². The Labute approximate surface area is 169 Å². The minimum absolute atomic E-state index is 0.0452. The lowest BCUT2D eigenvalue weighted by molar-refractivity contribution is -0.286. The van der Waals surface area contributed by atoms with E-state index in [1.807, 2.05) is 0 Å². The van der Waals surface area contributed by atoms with Crippen molar-refractivity contribution in [3.8, 4) is 0 Å². The summed E-state index contributed by atoms with van der Waals surface area (Å²) in [6.07, 6.45) is 3.07. The van der Waals surface area contributed by atoms with Gasteiger partial charge in [-0.25, -0.2) is 0 Å². The maximum absolute atomic E-state index is 10.8. The van der Waals surface area contributed by atoms with Crippen LogP contribution in [0.4, 0.5) is 0 Å². The molecule has 0 spiro atoms. The fourth-order valence-electron chi connectivity index (χ4n) is 2.89. The highest BCUT2D eigenvalue weighted by molar-refractivity contribution is 5.98. The molecule has 0 aromatic carbocycles. The van der Waals surface area contributed by atoms with Gasteiger partial charge in [0.05, 0.1) is 31.5 Å². The number of unbranched alkanes of at least 4 members (excludes halogenated alkanes) is 2. The maximum atomic E-state index is 10.8. The van der Waals surface area contributed by atoms with Crippen molar-refractivity contribution in [1.29, 1.82) is 0 Å². The number of rotatable bonds is 16. The van der Waals surface area contributed by atoms with E-state index in [1.54, 1.807) is 8.05 Å². The van der Waals surface area contributed by atoms with Crippen LogP contribution in [-0.2, 0) is 28.4 Å². The second kappa shape index (κ2) is 15.0. The predicted octanol–water partition coefficient (Wildman–Crippen LogP) is 0.325. The van der Waals surface area contributed by atoms with Crippen molar-refractivity contribution in [2.45, 2.75) is 76.3 Å². The third kappa shape index (κ3) is 8.18. The molecule has 4 unspecified atom stereocenters. The summed E-state index contributed by atoms with van der Waals surface area (Å²) in [7, 11) is 1.62. The molecule has 0 aromatic heterocycles. The SMILES string of the molecule is BOC1COC(OC[C@H](NC=O)[C@H](O)C=C)C(OCCCC)C1OCCCC. The predicted molar refractivity (Wildman–Crippen MR) is 108 cm³/mol. The van der Waals surface area contributed by atoms with Gasteiger partial charge in [0.25, 0.3) is 8.05 Å². The van der Waals surface area contributed by atoms with E-state index in [2.05, 4.69) is 25.7 Å². The molecule has 1 fully saturated rings. The van der Waals surface area contributed by atoms with Crippen molar-refractivity contribution in [1.82, 2.24) is 5.32 Å². The van der Waals surface area contributed by atoms with Gasteiger partial charge in [0, 0.05) is 13.2 Å². The summed E-state index contributed by atoms with van der Waals surface area (Å²) >= 11 is 0. The quantitative estimate of drug-likeness (QED) is 0.167. The Morgan fingerprint density at radius 2 is 1.86 bits per heavy atom. The minimum Gasteiger partial charge on any atom is -0.436 e. The van der Waals surface area contributed by atoms with Crippen molar-refractivity contribution in [2.75, 3.05) is 26.4 Å². The smallest absolute Gasteiger partial charge is 0.257 e. The van der Waals surface area contributed by atoms with Crippen molar-refractivity contribution in [2.24, 2.45) is 0 Å². The molecule has 1 heterocycles. The molecular formula is C19H36BNO7. The first-order valence-electron chi connectivity index (χ1n) is 10.1. The molecule has 6 atom stereocenters. The van der Waals surface area contributed by atoms with E-state index in [-0.39, 0.29) is 18.8 Å². The normalized spacial score (nSPS) is 27.1. The molecule has 1 saturated heterocycles. The second-order valence-electron chi connectivity index (χ2n) is 6.80. The zero-order chi connectivity index (χ0) is 20.8. The first-order valence-corrected chi connectivity index (χ1v) is 10.1. The van der Waals surface area contributed by atoms with E-state index in [0.29, 0.717) is 26.2 Å². The average Bonchev–Trinajstić information content (AvgIpc) is 2.71. The number of carbonyl (C=O) groups excluding carboxylic acids is 1. The summed E-state index contributed by atoms with van der Waals surface area (Å²) in [6, 6.07) is -0.630. The molecule has 1 amide bonds. The lowest BCUT2D eigenvalue weighted by Crippen LogP contribution is -2.57. The van der Waals surface area contributed by atoms with Crippen molar-refractivity contribution < 1.29 is 33.5 Å². The molecule has 28 heavy (non-hydrogen) atoms. The lowest BCUT2D eigenvalue weighted by Gasteiger charge is -2.42. The van der Waals surface area contributed by atoms with Gasteiger partial charge in [0.15, 0.2) is 6.29 Å². The number of ether oxygens (including phenoxy) is 4. The van der Waals surface area contributed by atoms with Gasteiger partial charge in [-0.1, -0.05) is 32.8 Å². The third-order valence-electron chi connectivity index (χ3n) is 4.68. The molecule has 2 N–H and O–H groups in total. The number of aliphatic hydroxyl groups is 1. The molecule has 0 aliphatic carbocycles. The van der Waals surface area contributed by atoms with Crippen molar-refractivity contribution in [3.63, 3.8) is 0 Å². The Balaban J connectivity index is 2.82. The maximum Gasteiger partial charge on any atom is 0.257 e. The molecule has 0 aromatic rings. The molecule has 0 radical (unpaired) electrons. The summed E-state index contributed by atoms with van der Waals surface area (Å²) in [5.41, 5.74) is 0. The van der Waals surface area contributed by atoms with Crippen LogP contribution >= 0.6 is 0 Å². The number of nitrogens with one attached hydrogen (secondary N) is 1. The zero-order valence-corrected chi connectivity index (χ0v) is 17.4. The van der Waals surface area contributed by atoms with Crippen LogP contribution in [0.25, 0.3) is 0 Å². The summed E-state index contributed by atoms with van der Waals surface area (Å²) in [4.78, 5) is 10.8. The van der Waals surface area contributed by atoms with Crippen LogP contribution in [-0.4, -0.2) is 82.7 Å². The fourth-order valence-corrected chi connectivity index (χ4v) is 2.89. The summed E-state index contributed by atoms with van der Waals surface area (Å²) < 4.78 is 29.4. The number of amides is 1. The van der Waals surface area contributed by atoms with Gasteiger partial charge in [0.2, 0.25) is 6.41 Å². The van der Waals surface area contributed by atoms with Crippen LogP contribution in [0.3, 0.4) is 0 Å². The highest BCUT2D eigenvalue weighted by atomic mass is 16.7. The average molecular weight is 401 g/mol. The van der Waals surface area contributed by atoms with Gasteiger partial charge >= 0.3 is 0 Å². The largest absolute Gasteiger partial charge is 0.436 e. The first-order chi connectivity index (χ1) is 13.6. The Kier molecular flexibility index (Phi) is 13.4. The van der Waals surface area contributed by atoms with Crippen LogP contribution in [0.1, 0.15) is 39.5 Å². The van der Waals surface area contributed by atoms with Crippen molar-refractivity contribution in [3.05, 3.63) is 12.7 Å². The Bertz CT molecular complexity index is 429. The first kappa shape index (κ1) is 25.1. The Hall–Kier alpha value is -0.965. The molecule has 9 heteroatoms. The summed E-state index contributed by atoms with van der Waals surface area (Å²) in [5, 5.41) is 12.5. The topological polar surface area (TPSA) is 95.5 Å². The molecule has 1 aliphatic heterocycles. The number of hydrogen-bond donors (Lipinski definition) is 2. The third-order valence-corrected chi connectivity index (χ3v) is 4.68. The van der Waals surface area contributed by atoms with Crippen molar-refractivity contribution >= 4 is 14.5 Å². The van der Waals surface area contributed by atoms with Gasteiger partial charge in [0.1, 0.15) is 12.2 Å².